The molecule has 2 rings (SSSR count). The van der Waals surface area contributed by atoms with Gasteiger partial charge < -0.3 is 10.2 Å². The number of piperazine rings is 1. The fourth-order valence-electron chi connectivity index (χ4n) is 2.83. The highest BCUT2D eigenvalue weighted by Crippen LogP contribution is 2.29. The lowest BCUT2D eigenvalue weighted by atomic mass is 9.98. The van der Waals surface area contributed by atoms with E-state index >= 15 is 0 Å². The molecule has 118 valence electrons. The number of hydrogen-bond donors (Lipinski definition) is 1. The normalized spacial score (nSPS) is 19.0. The summed E-state index contributed by atoms with van der Waals surface area (Å²) >= 11 is 3.63. The summed E-state index contributed by atoms with van der Waals surface area (Å²) in [5.74, 6) is 0. The van der Waals surface area contributed by atoms with Crippen molar-refractivity contribution in [1.29, 1.82) is 0 Å². The van der Waals surface area contributed by atoms with E-state index in [1.165, 1.54) is 17.7 Å². The predicted octanol–water partition coefficient (Wildman–Crippen LogP) is 3.48. The van der Waals surface area contributed by atoms with Crippen molar-refractivity contribution in [3.63, 3.8) is 0 Å². The molecular formula is C17H28BrN3. The Kier molecular flexibility index (Phi) is 5.69. The van der Waals surface area contributed by atoms with E-state index in [0.29, 0.717) is 0 Å². The third-order valence-electron chi connectivity index (χ3n) is 4.45. The number of hydrogen-bond acceptors (Lipinski definition) is 3. The Morgan fingerprint density at radius 1 is 1.29 bits per heavy atom. The largest absolute Gasteiger partial charge is 0.368 e. The highest BCUT2D eigenvalue weighted by atomic mass is 79.9. The van der Waals surface area contributed by atoms with Gasteiger partial charge in [-0.05, 0) is 51.6 Å². The summed E-state index contributed by atoms with van der Waals surface area (Å²) in [5.41, 5.74) is 2.98. The van der Waals surface area contributed by atoms with Gasteiger partial charge in [-0.3, -0.25) is 4.90 Å². The average Bonchev–Trinajstić information content (AvgIpc) is 2.43. The van der Waals surface area contributed by atoms with Gasteiger partial charge in [0.1, 0.15) is 0 Å². The van der Waals surface area contributed by atoms with Crippen molar-refractivity contribution in [2.75, 3.05) is 38.1 Å². The van der Waals surface area contributed by atoms with E-state index in [-0.39, 0.29) is 5.54 Å². The standard InChI is InChI=1S/C17H28BrN3/c1-5-8-19-12-14-6-7-15(18)11-16(14)21-10-9-20(4)17(2,3)13-21/h6-7,11,19H,5,8-10,12-13H2,1-4H3. The minimum absolute atomic E-state index is 0.217. The topological polar surface area (TPSA) is 18.5 Å². The third kappa shape index (κ3) is 4.21. The molecule has 3 nitrogen and oxygen atoms in total. The fourth-order valence-corrected chi connectivity index (χ4v) is 3.18. The summed E-state index contributed by atoms with van der Waals surface area (Å²) in [6.07, 6.45) is 1.17. The minimum Gasteiger partial charge on any atom is -0.368 e. The number of nitrogens with one attached hydrogen (secondary N) is 1. The Balaban J connectivity index is 2.19. The van der Waals surface area contributed by atoms with Crippen LogP contribution in [0.15, 0.2) is 22.7 Å². The highest BCUT2D eigenvalue weighted by Gasteiger charge is 2.31. The van der Waals surface area contributed by atoms with Crippen molar-refractivity contribution >= 4 is 21.6 Å². The van der Waals surface area contributed by atoms with Crippen molar-refractivity contribution < 1.29 is 0 Å². The van der Waals surface area contributed by atoms with Crippen LogP contribution in [0.4, 0.5) is 5.69 Å². The lowest BCUT2D eigenvalue weighted by molar-refractivity contribution is 0.139. The van der Waals surface area contributed by atoms with Crippen molar-refractivity contribution in [2.45, 2.75) is 39.3 Å². The molecule has 0 amide bonds. The number of nitrogens with zero attached hydrogens (tertiary/aromatic N) is 2. The van der Waals surface area contributed by atoms with Gasteiger partial charge >= 0.3 is 0 Å². The van der Waals surface area contributed by atoms with Crippen LogP contribution in [0.2, 0.25) is 0 Å². The molecule has 1 fully saturated rings. The van der Waals surface area contributed by atoms with Gasteiger partial charge in [-0.15, -0.1) is 0 Å². The van der Waals surface area contributed by atoms with Crippen LogP contribution in [0.1, 0.15) is 32.8 Å². The summed E-state index contributed by atoms with van der Waals surface area (Å²) in [6.45, 7) is 12.2. The van der Waals surface area contributed by atoms with E-state index < -0.39 is 0 Å². The van der Waals surface area contributed by atoms with Crippen LogP contribution in [-0.2, 0) is 6.54 Å². The summed E-state index contributed by atoms with van der Waals surface area (Å²) in [5, 5.41) is 3.53. The number of anilines is 1. The molecule has 1 heterocycles. The number of rotatable bonds is 5. The van der Waals surface area contributed by atoms with Gasteiger partial charge in [0.25, 0.3) is 0 Å². The Hall–Kier alpha value is -0.580. The smallest absolute Gasteiger partial charge is 0.0424 e. The molecule has 4 heteroatoms. The van der Waals surface area contributed by atoms with E-state index in [4.69, 9.17) is 0 Å². The van der Waals surface area contributed by atoms with E-state index in [2.05, 4.69) is 77.1 Å². The summed E-state index contributed by atoms with van der Waals surface area (Å²) in [4.78, 5) is 4.99. The second-order valence-corrected chi connectivity index (χ2v) is 7.52. The third-order valence-corrected chi connectivity index (χ3v) is 4.94. The van der Waals surface area contributed by atoms with E-state index in [1.54, 1.807) is 0 Å². The van der Waals surface area contributed by atoms with E-state index in [9.17, 15) is 0 Å². The van der Waals surface area contributed by atoms with Gasteiger partial charge in [-0.1, -0.05) is 28.9 Å². The van der Waals surface area contributed by atoms with Gasteiger partial charge in [0.2, 0.25) is 0 Å². The maximum atomic E-state index is 3.63. The number of benzene rings is 1. The second-order valence-electron chi connectivity index (χ2n) is 6.61. The highest BCUT2D eigenvalue weighted by molar-refractivity contribution is 9.10. The lowest BCUT2D eigenvalue weighted by Crippen LogP contribution is -2.57. The van der Waals surface area contributed by atoms with Crippen molar-refractivity contribution in [2.24, 2.45) is 0 Å². The Morgan fingerprint density at radius 3 is 2.71 bits per heavy atom. The van der Waals surface area contributed by atoms with E-state index in [1.807, 2.05) is 0 Å². The fraction of sp³-hybridized carbons (Fsp3) is 0.647. The zero-order chi connectivity index (χ0) is 15.5. The SMILES string of the molecule is CCCNCc1ccc(Br)cc1N1CCN(C)C(C)(C)C1. The van der Waals surface area contributed by atoms with E-state index in [0.717, 1.165) is 37.2 Å². The molecule has 0 atom stereocenters. The summed E-state index contributed by atoms with van der Waals surface area (Å²) in [7, 11) is 2.22. The van der Waals surface area contributed by atoms with Crippen LogP contribution in [0, 0.1) is 0 Å². The van der Waals surface area contributed by atoms with Crippen molar-refractivity contribution in [3.05, 3.63) is 28.2 Å². The molecule has 0 aliphatic carbocycles. The molecule has 1 N–H and O–H groups in total. The number of likely N-dealkylation sites (N-methyl/N-ethyl adjacent to an activating group) is 1. The first kappa shape index (κ1) is 16.8. The molecule has 0 unspecified atom stereocenters. The van der Waals surface area contributed by atoms with Crippen LogP contribution in [-0.4, -0.2) is 43.7 Å². The quantitative estimate of drug-likeness (QED) is 0.817. The Morgan fingerprint density at radius 2 is 2.05 bits per heavy atom. The molecular weight excluding hydrogens is 326 g/mol. The van der Waals surface area contributed by atoms with Crippen molar-refractivity contribution in [1.82, 2.24) is 10.2 Å². The first-order valence-electron chi connectivity index (χ1n) is 7.89. The molecule has 1 aliphatic heterocycles. The van der Waals surface area contributed by atoms with Crippen LogP contribution in [0.3, 0.4) is 0 Å². The zero-order valence-corrected chi connectivity index (χ0v) is 15.3. The molecule has 0 saturated carbocycles. The monoisotopic (exact) mass is 353 g/mol. The van der Waals surface area contributed by atoms with Gasteiger partial charge in [0.05, 0.1) is 0 Å². The molecule has 0 radical (unpaired) electrons. The Bertz CT molecular complexity index is 473. The molecule has 0 bridgehead atoms. The minimum atomic E-state index is 0.217. The maximum absolute atomic E-state index is 3.63. The summed E-state index contributed by atoms with van der Waals surface area (Å²) in [6, 6.07) is 6.66. The first-order valence-corrected chi connectivity index (χ1v) is 8.68. The van der Waals surface area contributed by atoms with Crippen LogP contribution in [0.25, 0.3) is 0 Å². The molecule has 1 saturated heterocycles. The molecule has 1 aromatic carbocycles. The molecule has 21 heavy (non-hydrogen) atoms. The Labute approximate surface area is 137 Å². The molecule has 0 aromatic heterocycles. The zero-order valence-electron chi connectivity index (χ0n) is 13.7. The van der Waals surface area contributed by atoms with Crippen LogP contribution >= 0.6 is 15.9 Å². The lowest BCUT2D eigenvalue weighted by Gasteiger charge is -2.46. The summed E-state index contributed by atoms with van der Waals surface area (Å²) < 4.78 is 1.16. The van der Waals surface area contributed by atoms with Crippen molar-refractivity contribution in [3.8, 4) is 0 Å². The van der Waals surface area contributed by atoms with Crippen LogP contribution < -0.4 is 10.2 Å². The first-order chi connectivity index (χ1) is 9.94. The average molecular weight is 354 g/mol. The van der Waals surface area contributed by atoms with Gasteiger partial charge in [0, 0.05) is 41.9 Å². The number of halogens is 1. The second kappa shape index (κ2) is 7.12. The molecule has 0 spiro atoms. The predicted molar refractivity (Wildman–Crippen MR) is 95.1 cm³/mol. The van der Waals surface area contributed by atoms with Gasteiger partial charge in [-0.2, -0.15) is 0 Å². The molecule has 1 aromatic rings. The van der Waals surface area contributed by atoms with Crippen LogP contribution in [0.5, 0.6) is 0 Å². The van der Waals surface area contributed by atoms with Gasteiger partial charge in [0.15, 0.2) is 0 Å². The molecule has 1 aliphatic rings. The van der Waals surface area contributed by atoms with Gasteiger partial charge in [-0.25, -0.2) is 0 Å². The maximum Gasteiger partial charge on any atom is 0.0424 e.